The normalized spacial score (nSPS) is 10.9. The molecule has 12 heteroatoms. The number of unbranched alkanes of at least 4 members (excludes halogenated alkanes) is 30. The average Bonchev–Trinajstić information content (AvgIpc) is 3.41. The van der Waals surface area contributed by atoms with Gasteiger partial charge in [-0.25, -0.2) is 28.0 Å². The maximum atomic E-state index is 15.0. The number of rotatable bonds is 46. The van der Waals surface area contributed by atoms with Crippen LogP contribution in [0.1, 0.15) is 226 Å². The SMILES string of the molecule is C=CC(=O)OCCCCCCCCCCCCCCCCCCOc1ccc(C(=O)Oc2cc(F)c(OC(=O)c3ccc(OCCCCCCCCCCCCCCCCCCOC(=O)C=C)cc3)cc2F)cc1. The van der Waals surface area contributed by atoms with Crippen LogP contribution in [0.2, 0.25) is 0 Å². The Bertz CT molecular complexity index is 1860. The molecule has 0 spiro atoms. The number of carbonyl (C=O) groups excluding carboxylic acids is 4. The van der Waals surface area contributed by atoms with Gasteiger partial charge in [0.05, 0.1) is 37.6 Å². The van der Waals surface area contributed by atoms with Gasteiger partial charge in [-0.2, -0.15) is 0 Å². The molecular weight excluding hydrogens is 943 g/mol. The first-order valence-corrected chi connectivity index (χ1v) is 28.2. The number of carbonyl (C=O) groups is 4. The standard InChI is InChI=1S/C62H88F2O10/c1-3-59(65)71-47-35-31-27-23-19-15-11-7-5-9-13-17-21-25-29-33-45-69-53-41-37-51(38-42-53)61(67)73-57-49-56(64)58(50-55(57)63)74-62(68)52-39-43-54(44-40-52)70-46-34-30-26-22-18-14-10-6-8-12-16-20-24-28-32-36-48-72-60(66)4-2/h3-4,37-44,49-50H,1-2,5-36,45-48H2. The monoisotopic (exact) mass is 1030 g/mol. The van der Waals surface area contributed by atoms with Crippen molar-refractivity contribution in [2.45, 2.75) is 205 Å². The molecule has 0 fully saturated rings. The molecule has 74 heavy (non-hydrogen) atoms. The summed E-state index contributed by atoms with van der Waals surface area (Å²) in [4.78, 5) is 47.6. The molecule has 3 aromatic rings. The van der Waals surface area contributed by atoms with Gasteiger partial charge in [0.15, 0.2) is 23.1 Å². The molecule has 0 heterocycles. The van der Waals surface area contributed by atoms with Crippen molar-refractivity contribution in [2.75, 3.05) is 26.4 Å². The van der Waals surface area contributed by atoms with Gasteiger partial charge < -0.3 is 28.4 Å². The average molecular weight is 1030 g/mol. The van der Waals surface area contributed by atoms with Crippen LogP contribution in [0.3, 0.4) is 0 Å². The van der Waals surface area contributed by atoms with Gasteiger partial charge in [-0.1, -0.05) is 193 Å². The van der Waals surface area contributed by atoms with E-state index in [4.69, 9.17) is 28.4 Å². The zero-order valence-electron chi connectivity index (χ0n) is 44.6. The van der Waals surface area contributed by atoms with Crippen molar-refractivity contribution in [2.24, 2.45) is 0 Å². The quantitative estimate of drug-likeness (QED) is 0.0234. The second kappa shape index (κ2) is 41.8. The van der Waals surface area contributed by atoms with Gasteiger partial charge in [0, 0.05) is 24.3 Å². The number of halogens is 2. The molecule has 0 bridgehead atoms. The fourth-order valence-electron chi connectivity index (χ4n) is 8.56. The highest BCUT2D eigenvalue weighted by Crippen LogP contribution is 2.29. The van der Waals surface area contributed by atoms with Crippen LogP contribution in [0.4, 0.5) is 8.78 Å². The Hall–Kier alpha value is -5.52. The lowest BCUT2D eigenvalue weighted by Crippen LogP contribution is -2.12. The summed E-state index contributed by atoms with van der Waals surface area (Å²) in [5.41, 5.74) is 0.272. The third kappa shape index (κ3) is 30.6. The fraction of sp³-hybridized carbons (Fsp3) is 0.581. The highest BCUT2D eigenvalue weighted by Gasteiger charge is 2.19. The molecule has 0 N–H and O–H groups in total. The lowest BCUT2D eigenvalue weighted by Gasteiger charge is -2.11. The van der Waals surface area contributed by atoms with Crippen molar-refractivity contribution in [1.29, 1.82) is 0 Å². The number of hydrogen-bond acceptors (Lipinski definition) is 10. The Kier molecular flexibility index (Phi) is 35.4. The summed E-state index contributed by atoms with van der Waals surface area (Å²) in [5, 5.41) is 0. The molecule has 0 unspecified atom stereocenters. The van der Waals surface area contributed by atoms with Gasteiger partial charge >= 0.3 is 23.9 Å². The summed E-state index contributed by atoms with van der Waals surface area (Å²) < 4.78 is 62.0. The number of benzene rings is 3. The molecular formula is C62H88F2O10. The summed E-state index contributed by atoms with van der Waals surface area (Å²) in [6.45, 7) is 8.90. The van der Waals surface area contributed by atoms with E-state index < -0.39 is 35.1 Å². The second-order valence-electron chi connectivity index (χ2n) is 19.3. The molecule has 0 aliphatic heterocycles. The van der Waals surface area contributed by atoms with Gasteiger partial charge in [0.25, 0.3) is 0 Å². The van der Waals surface area contributed by atoms with Gasteiger partial charge in [0.2, 0.25) is 0 Å². The zero-order chi connectivity index (χ0) is 53.1. The van der Waals surface area contributed by atoms with E-state index in [2.05, 4.69) is 13.2 Å². The van der Waals surface area contributed by atoms with Gasteiger partial charge in [-0.05, 0) is 74.2 Å². The zero-order valence-corrected chi connectivity index (χ0v) is 44.6. The molecule has 0 amide bonds. The van der Waals surface area contributed by atoms with E-state index in [-0.39, 0.29) is 23.1 Å². The lowest BCUT2D eigenvalue weighted by molar-refractivity contribution is -0.138. The molecule has 0 atom stereocenters. The Morgan fingerprint density at radius 3 is 0.824 bits per heavy atom. The Labute approximate surface area is 442 Å². The maximum Gasteiger partial charge on any atom is 0.343 e. The summed E-state index contributed by atoms with van der Waals surface area (Å²) >= 11 is 0. The van der Waals surface area contributed by atoms with Gasteiger partial charge in [-0.3, -0.25) is 0 Å². The van der Waals surface area contributed by atoms with Crippen molar-refractivity contribution < 1.29 is 56.4 Å². The largest absolute Gasteiger partial charge is 0.494 e. The number of hydrogen-bond donors (Lipinski definition) is 0. The first kappa shape index (κ1) is 62.8. The van der Waals surface area contributed by atoms with Gasteiger partial charge in [-0.15, -0.1) is 0 Å². The fourth-order valence-corrected chi connectivity index (χ4v) is 8.56. The molecule has 0 aliphatic rings. The minimum absolute atomic E-state index is 0.136. The summed E-state index contributed by atoms with van der Waals surface area (Å²) in [7, 11) is 0. The van der Waals surface area contributed by atoms with Crippen LogP contribution < -0.4 is 18.9 Å². The Balaban J connectivity index is 1.16. The van der Waals surface area contributed by atoms with Gasteiger partial charge in [0.1, 0.15) is 11.5 Å². The first-order chi connectivity index (χ1) is 36.2. The minimum atomic E-state index is -1.07. The van der Waals surface area contributed by atoms with Crippen molar-refractivity contribution >= 4 is 23.9 Å². The molecule has 0 aromatic heterocycles. The molecule has 0 radical (unpaired) electrons. The maximum absolute atomic E-state index is 15.0. The minimum Gasteiger partial charge on any atom is -0.494 e. The summed E-state index contributed by atoms with van der Waals surface area (Å²) in [6.07, 6.45) is 40.9. The molecule has 3 rings (SSSR count). The summed E-state index contributed by atoms with van der Waals surface area (Å²) in [6, 6.07) is 13.9. The molecule has 410 valence electrons. The highest BCUT2D eigenvalue weighted by molar-refractivity contribution is 5.92. The van der Waals surface area contributed by atoms with Crippen molar-refractivity contribution in [3.8, 4) is 23.0 Å². The van der Waals surface area contributed by atoms with Crippen molar-refractivity contribution in [3.63, 3.8) is 0 Å². The predicted molar refractivity (Wildman–Crippen MR) is 290 cm³/mol. The Morgan fingerprint density at radius 1 is 0.351 bits per heavy atom. The van der Waals surface area contributed by atoms with Crippen LogP contribution in [-0.2, 0) is 19.1 Å². The van der Waals surface area contributed by atoms with E-state index in [1.165, 1.54) is 191 Å². The third-order valence-electron chi connectivity index (χ3n) is 13.0. The van der Waals surface area contributed by atoms with E-state index >= 15 is 0 Å². The molecule has 0 aliphatic carbocycles. The predicted octanol–water partition coefficient (Wildman–Crippen LogP) is 17.1. The third-order valence-corrected chi connectivity index (χ3v) is 13.0. The number of esters is 4. The van der Waals surface area contributed by atoms with E-state index in [1.807, 2.05) is 0 Å². The highest BCUT2D eigenvalue weighted by atomic mass is 19.1. The van der Waals surface area contributed by atoms with Crippen molar-refractivity contribution in [1.82, 2.24) is 0 Å². The van der Waals surface area contributed by atoms with Crippen LogP contribution in [0.25, 0.3) is 0 Å². The second-order valence-corrected chi connectivity index (χ2v) is 19.3. The molecule has 10 nitrogen and oxygen atoms in total. The van der Waals surface area contributed by atoms with Crippen LogP contribution >= 0.6 is 0 Å². The molecule has 3 aromatic carbocycles. The first-order valence-electron chi connectivity index (χ1n) is 28.2. The van der Waals surface area contributed by atoms with E-state index in [0.29, 0.717) is 50.1 Å². The molecule has 0 saturated heterocycles. The van der Waals surface area contributed by atoms with Crippen LogP contribution in [0.5, 0.6) is 23.0 Å². The van der Waals surface area contributed by atoms with Crippen LogP contribution in [0.15, 0.2) is 86.0 Å². The van der Waals surface area contributed by atoms with Crippen LogP contribution in [-0.4, -0.2) is 50.3 Å². The van der Waals surface area contributed by atoms with E-state index in [0.717, 1.165) is 51.4 Å². The summed E-state index contributed by atoms with van der Waals surface area (Å²) in [5.74, 6) is -4.63. The Morgan fingerprint density at radius 2 is 0.581 bits per heavy atom. The van der Waals surface area contributed by atoms with E-state index in [1.54, 1.807) is 24.3 Å². The van der Waals surface area contributed by atoms with E-state index in [9.17, 15) is 28.0 Å². The lowest BCUT2D eigenvalue weighted by atomic mass is 10.0. The smallest absolute Gasteiger partial charge is 0.343 e. The topological polar surface area (TPSA) is 124 Å². The van der Waals surface area contributed by atoms with Crippen LogP contribution in [0, 0.1) is 11.6 Å². The number of ether oxygens (including phenoxy) is 6. The molecule has 0 saturated carbocycles. The van der Waals surface area contributed by atoms with Crippen molar-refractivity contribution in [3.05, 3.63) is 109 Å².